The number of nitrogens with zero attached hydrogens (tertiary/aromatic N) is 2. The van der Waals surface area contributed by atoms with Crippen molar-refractivity contribution in [3.63, 3.8) is 0 Å². The molecule has 1 aromatic rings. The summed E-state index contributed by atoms with van der Waals surface area (Å²) in [6, 6.07) is 2.08. The Morgan fingerprint density at radius 1 is 1.75 bits per heavy atom. The van der Waals surface area contributed by atoms with Crippen molar-refractivity contribution in [3.05, 3.63) is 18.0 Å². The lowest BCUT2D eigenvalue weighted by Gasteiger charge is -1.90. The molecule has 1 saturated carbocycles. The summed E-state index contributed by atoms with van der Waals surface area (Å²) in [4.78, 5) is 0. The maximum atomic E-state index is 5.53. The molecule has 12 heavy (non-hydrogen) atoms. The minimum absolute atomic E-state index is 0. The van der Waals surface area contributed by atoms with Crippen LogP contribution in [0.25, 0.3) is 0 Å². The Bertz CT molecular complexity index is 259. The maximum Gasteiger partial charge on any atom is 0.0658 e. The van der Waals surface area contributed by atoms with Crippen LogP contribution in [0.4, 0.5) is 0 Å². The smallest absolute Gasteiger partial charge is 0.0658 e. The number of aryl methyl sites for hydroxylation is 1. The summed E-state index contributed by atoms with van der Waals surface area (Å²) < 4.78 is 1.85. The first-order valence-electron chi connectivity index (χ1n) is 4.01. The molecule has 4 heteroatoms. The van der Waals surface area contributed by atoms with E-state index in [0.717, 1.165) is 6.54 Å². The first-order valence-corrected chi connectivity index (χ1v) is 4.01. The Hall–Kier alpha value is -0.540. The van der Waals surface area contributed by atoms with Crippen LogP contribution in [0.1, 0.15) is 18.0 Å². The van der Waals surface area contributed by atoms with Crippen LogP contribution < -0.4 is 5.73 Å². The third kappa shape index (κ3) is 1.62. The predicted octanol–water partition coefficient (Wildman–Crippen LogP) is 0.904. The van der Waals surface area contributed by atoms with Gasteiger partial charge < -0.3 is 5.73 Å². The molecule has 0 amide bonds. The Balaban J connectivity index is 0.000000720. The van der Waals surface area contributed by atoms with E-state index >= 15 is 0 Å². The van der Waals surface area contributed by atoms with Gasteiger partial charge in [0.25, 0.3) is 0 Å². The number of halogens is 1. The van der Waals surface area contributed by atoms with E-state index in [-0.39, 0.29) is 12.4 Å². The summed E-state index contributed by atoms with van der Waals surface area (Å²) >= 11 is 0. The zero-order valence-electron chi connectivity index (χ0n) is 7.10. The second-order valence-electron chi connectivity index (χ2n) is 3.25. The van der Waals surface area contributed by atoms with E-state index < -0.39 is 0 Å². The van der Waals surface area contributed by atoms with E-state index in [1.165, 1.54) is 12.1 Å². The van der Waals surface area contributed by atoms with Gasteiger partial charge in [-0.3, -0.25) is 4.68 Å². The fourth-order valence-electron chi connectivity index (χ4n) is 1.50. The Labute approximate surface area is 78.4 Å². The second kappa shape index (κ2) is 3.46. The van der Waals surface area contributed by atoms with Crippen molar-refractivity contribution >= 4 is 12.4 Å². The molecule has 1 heterocycles. The number of nitrogens with two attached hydrogens (primary N) is 1. The number of rotatable bonds is 2. The zero-order valence-corrected chi connectivity index (χ0v) is 7.92. The van der Waals surface area contributed by atoms with Gasteiger partial charge in [0.2, 0.25) is 0 Å². The van der Waals surface area contributed by atoms with Crippen LogP contribution in [0.5, 0.6) is 0 Å². The van der Waals surface area contributed by atoms with Crippen LogP contribution in [0.15, 0.2) is 12.3 Å². The normalized spacial score (nSPS) is 26.5. The lowest BCUT2D eigenvalue weighted by molar-refractivity contribution is 0.725. The topological polar surface area (TPSA) is 43.8 Å². The molecular weight excluding hydrogens is 174 g/mol. The number of aromatic nitrogens is 2. The first-order chi connectivity index (χ1) is 5.31. The SMILES string of the molecule is Cl.Cn1ccc(C2CC2CN)n1. The molecule has 1 aromatic heterocycles. The first kappa shape index (κ1) is 9.55. The molecule has 3 nitrogen and oxygen atoms in total. The van der Waals surface area contributed by atoms with Gasteiger partial charge in [-0.1, -0.05) is 0 Å². The summed E-state index contributed by atoms with van der Waals surface area (Å²) in [5, 5.41) is 4.33. The Kier molecular flexibility index (Phi) is 2.75. The molecule has 2 unspecified atom stereocenters. The van der Waals surface area contributed by atoms with Gasteiger partial charge >= 0.3 is 0 Å². The molecule has 0 saturated heterocycles. The van der Waals surface area contributed by atoms with Gasteiger partial charge in [0.15, 0.2) is 0 Å². The highest BCUT2D eigenvalue weighted by atomic mass is 35.5. The van der Waals surface area contributed by atoms with Crippen molar-refractivity contribution in [2.75, 3.05) is 6.54 Å². The van der Waals surface area contributed by atoms with E-state index in [4.69, 9.17) is 5.73 Å². The standard InChI is InChI=1S/C8H13N3.ClH/c1-11-3-2-8(10-11)7-4-6(7)5-9;/h2-3,6-7H,4-5,9H2,1H3;1H. The van der Waals surface area contributed by atoms with E-state index in [9.17, 15) is 0 Å². The molecule has 2 atom stereocenters. The van der Waals surface area contributed by atoms with Gasteiger partial charge in [-0.15, -0.1) is 12.4 Å². The molecular formula is C8H14ClN3. The summed E-state index contributed by atoms with van der Waals surface area (Å²) in [6.45, 7) is 0.807. The summed E-state index contributed by atoms with van der Waals surface area (Å²) in [6.07, 6.45) is 3.22. The minimum Gasteiger partial charge on any atom is -0.330 e. The van der Waals surface area contributed by atoms with Crippen molar-refractivity contribution in [1.29, 1.82) is 0 Å². The van der Waals surface area contributed by atoms with Crippen LogP contribution in [-0.2, 0) is 7.05 Å². The number of hydrogen-bond acceptors (Lipinski definition) is 2. The summed E-state index contributed by atoms with van der Waals surface area (Å²) in [5.74, 6) is 1.35. The van der Waals surface area contributed by atoms with Gasteiger partial charge in [-0.05, 0) is 24.9 Å². The molecule has 0 aromatic carbocycles. The van der Waals surface area contributed by atoms with Crippen molar-refractivity contribution in [2.45, 2.75) is 12.3 Å². The predicted molar refractivity (Wildman–Crippen MR) is 50.4 cm³/mol. The second-order valence-corrected chi connectivity index (χ2v) is 3.25. The van der Waals surface area contributed by atoms with E-state index in [0.29, 0.717) is 11.8 Å². The third-order valence-electron chi connectivity index (χ3n) is 2.34. The monoisotopic (exact) mass is 187 g/mol. The summed E-state index contributed by atoms with van der Waals surface area (Å²) in [5.41, 5.74) is 6.74. The zero-order chi connectivity index (χ0) is 7.84. The van der Waals surface area contributed by atoms with E-state index in [2.05, 4.69) is 11.2 Å². The fourth-order valence-corrected chi connectivity index (χ4v) is 1.50. The van der Waals surface area contributed by atoms with Crippen molar-refractivity contribution in [2.24, 2.45) is 18.7 Å². The number of hydrogen-bond donors (Lipinski definition) is 1. The van der Waals surface area contributed by atoms with Crippen LogP contribution in [0.2, 0.25) is 0 Å². The van der Waals surface area contributed by atoms with Crippen LogP contribution in [-0.4, -0.2) is 16.3 Å². The van der Waals surface area contributed by atoms with Crippen molar-refractivity contribution < 1.29 is 0 Å². The van der Waals surface area contributed by atoms with Gasteiger partial charge in [0, 0.05) is 19.2 Å². The highest BCUT2D eigenvalue weighted by Gasteiger charge is 2.38. The molecule has 1 aliphatic rings. The molecule has 0 radical (unpaired) electrons. The molecule has 0 spiro atoms. The van der Waals surface area contributed by atoms with Gasteiger partial charge in [0.05, 0.1) is 5.69 Å². The highest BCUT2D eigenvalue weighted by Crippen LogP contribution is 2.45. The van der Waals surface area contributed by atoms with E-state index in [1.807, 2.05) is 17.9 Å². The third-order valence-corrected chi connectivity index (χ3v) is 2.34. The van der Waals surface area contributed by atoms with Gasteiger partial charge in [0.1, 0.15) is 0 Å². The summed E-state index contributed by atoms with van der Waals surface area (Å²) in [7, 11) is 1.95. The van der Waals surface area contributed by atoms with Crippen LogP contribution in [0, 0.1) is 5.92 Å². The van der Waals surface area contributed by atoms with Gasteiger partial charge in [-0.25, -0.2) is 0 Å². The molecule has 0 bridgehead atoms. The Morgan fingerprint density at radius 2 is 2.50 bits per heavy atom. The molecule has 0 aliphatic heterocycles. The lowest BCUT2D eigenvalue weighted by Crippen LogP contribution is -2.02. The average molecular weight is 188 g/mol. The molecule has 68 valence electrons. The van der Waals surface area contributed by atoms with Crippen LogP contribution >= 0.6 is 12.4 Å². The quantitative estimate of drug-likeness (QED) is 0.748. The highest BCUT2D eigenvalue weighted by molar-refractivity contribution is 5.85. The van der Waals surface area contributed by atoms with E-state index in [1.54, 1.807) is 0 Å². The van der Waals surface area contributed by atoms with Crippen molar-refractivity contribution in [1.82, 2.24) is 9.78 Å². The molecule has 1 aliphatic carbocycles. The molecule has 1 fully saturated rings. The Morgan fingerprint density at radius 3 is 2.92 bits per heavy atom. The average Bonchev–Trinajstić information content (AvgIpc) is 2.68. The molecule has 2 rings (SSSR count). The lowest BCUT2D eigenvalue weighted by atomic mass is 10.2. The fraction of sp³-hybridized carbons (Fsp3) is 0.625. The van der Waals surface area contributed by atoms with Crippen molar-refractivity contribution in [3.8, 4) is 0 Å². The molecule has 2 N–H and O–H groups in total. The van der Waals surface area contributed by atoms with Gasteiger partial charge in [-0.2, -0.15) is 5.10 Å². The van der Waals surface area contributed by atoms with Crippen LogP contribution in [0.3, 0.4) is 0 Å². The maximum absolute atomic E-state index is 5.53. The minimum atomic E-state index is 0. The largest absolute Gasteiger partial charge is 0.330 e.